The van der Waals surface area contributed by atoms with Crippen molar-refractivity contribution in [2.75, 3.05) is 32.7 Å². The summed E-state index contributed by atoms with van der Waals surface area (Å²) < 4.78 is 0. The highest BCUT2D eigenvalue weighted by Crippen LogP contribution is 2.51. The molecule has 0 aromatic heterocycles. The molecule has 2 atom stereocenters. The zero-order valence-corrected chi connectivity index (χ0v) is 19.3. The fourth-order valence-electron chi connectivity index (χ4n) is 6.59. The van der Waals surface area contributed by atoms with Crippen LogP contribution in [0.15, 0.2) is 30.3 Å². The molecule has 2 unspecified atom stereocenters. The maximum atomic E-state index is 12.7. The summed E-state index contributed by atoms with van der Waals surface area (Å²) in [6.45, 7) is 8.97. The number of nitrogens with one attached hydrogen (secondary N) is 1. The molecular weight excluding hydrogens is 386 g/mol. The van der Waals surface area contributed by atoms with Gasteiger partial charge >= 0.3 is 0 Å². The van der Waals surface area contributed by atoms with E-state index in [0.29, 0.717) is 6.42 Å². The number of benzene rings is 1. The van der Waals surface area contributed by atoms with Gasteiger partial charge in [-0.2, -0.15) is 0 Å². The van der Waals surface area contributed by atoms with Gasteiger partial charge in [-0.15, -0.1) is 0 Å². The van der Waals surface area contributed by atoms with Gasteiger partial charge in [-0.25, -0.2) is 0 Å². The van der Waals surface area contributed by atoms with Crippen LogP contribution < -0.4 is 5.32 Å². The number of piperazine rings is 1. The van der Waals surface area contributed by atoms with Crippen LogP contribution in [0, 0.1) is 23.2 Å². The third-order valence-electron chi connectivity index (χ3n) is 7.70. The van der Waals surface area contributed by atoms with E-state index < -0.39 is 0 Å². The zero-order chi connectivity index (χ0) is 21.8. The van der Waals surface area contributed by atoms with Gasteiger partial charge < -0.3 is 10.2 Å². The molecule has 31 heavy (non-hydrogen) atoms. The molecule has 1 aromatic rings. The second-order valence-electron chi connectivity index (χ2n) is 10.9. The molecule has 1 N–H and O–H groups in total. The standard InChI is InChI=1S/C26H39N3O2/c1-20-12-22-14-23(13-20)16-26(2,15-22)17-24(30)27-18-25(31)29-10-8-28(9-11-29)19-21-6-4-3-5-7-21/h3-7,20,22-23H,8-19H2,1-2H3,(H,27,30). The largest absolute Gasteiger partial charge is 0.347 e. The Morgan fingerprint density at radius 2 is 1.65 bits per heavy atom. The van der Waals surface area contributed by atoms with E-state index in [-0.39, 0.29) is 23.8 Å². The fraction of sp³-hybridized carbons (Fsp3) is 0.692. The van der Waals surface area contributed by atoms with Gasteiger partial charge in [0.25, 0.3) is 0 Å². The maximum absolute atomic E-state index is 12.7. The van der Waals surface area contributed by atoms with Crippen LogP contribution in [0.3, 0.4) is 0 Å². The summed E-state index contributed by atoms with van der Waals surface area (Å²) in [6.07, 6.45) is 6.89. The molecule has 1 saturated heterocycles. The molecule has 2 bridgehead atoms. The molecule has 170 valence electrons. The van der Waals surface area contributed by atoms with Crippen molar-refractivity contribution in [3.05, 3.63) is 35.9 Å². The molecular formula is C26H39N3O2. The summed E-state index contributed by atoms with van der Waals surface area (Å²) in [5, 5.41) is 2.93. The van der Waals surface area contributed by atoms with Crippen LogP contribution in [0.5, 0.6) is 0 Å². The van der Waals surface area contributed by atoms with Crippen LogP contribution in [0.2, 0.25) is 0 Å². The molecule has 1 aliphatic heterocycles. The Balaban J connectivity index is 1.17. The number of nitrogens with zero attached hydrogens (tertiary/aromatic N) is 2. The van der Waals surface area contributed by atoms with Crippen LogP contribution in [-0.4, -0.2) is 54.3 Å². The summed E-state index contributed by atoms with van der Waals surface area (Å²) in [6, 6.07) is 10.5. The predicted molar refractivity (Wildman–Crippen MR) is 123 cm³/mol. The predicted octanol–water partition coefficient (Wildman–Crippen LogP) is 3.69. The van der Waals surface area contributed by atoms with E-state index in [1.54, 1.807) is 0 Å². The van der Waals surface area contributed by atoms with E-state index in [2.05, 4.69) is 48.3 Å². The number of amides is 2. The molecule has 1 aromatic carbocycles. The number of fused-ring (bicyclic) bond motifs is 2. The summed E-state index contributed by atoms with van der Waals surface area (Å²) in [5.74, 6) is 2.51. The lowest BCUT2D eigenvalue weighted by Gasteiger charge is -2.47. The number of rotatable bonds is 6. The van der Waals surface area contributed by atoms with E-state index in [1.165, 1.54) is 37.7 Å². The minimum atomic E-state index is 0.0478. The molecule has 5 nitrogen and oxygen atoms in total. The average molecular weight is 426 g/mol. The van der Waals surface area contributed by atoms with Crippen LogP contribution in [0.4, 0.5) is 0 Å². The van der Waals surface area contributed by atoms with Crippen molar-refractivity contribution >= 4 is 11.8 Å². The second-order valence-corrected chi connectivity index (χ2v) is 10.9. The van der Waals surface area contributed by atoms with Gasteiger partial charge in [-0.1, -0.05) is 44.2 Å². The molecule has 2 saturated carbocycles. The SMILES string of the molecule is CC1CC2CC(C1)CC(C)(CC(=O)NCC(=O)N1CCN(Cc3ccccc3)CC1)C2. The lowest BCUT2D eigenvalue weighted by Crippen LogP contribution is -2.51. The topological polar surface area (TPSA) is 52.7 Å². The highest BCUT2D eigenvalue weighted by atomic mass is 16.2. The molecule has 1 heterocycles. The summed E-state index contributed by atoms with van der Waals surface area (Å²) in [5.41, 5.74) is 1.41. The van der Waals surface area contributed by atoms with Crippen LogP contribution in [0.25, 0.3) is 0 Å². The lowest BCUT2D eigenvalue weighted by atomic mass is 9.58. The van der Waals surface area contributed by atoms with Crippen molar-refractivity contribution in [2.45, 2.75) is 58.9 Å². The summed E-state index contributed by atoms with van der Waals surface area (Å²) in [4.78, 5) is 29.6. The van der Waals surface area contributed by atoms with Crippen LogP contribution in [-0.2, 0) is 16.1 Å². The molecule has 2 amide bonds. The monoisotopic (exact) mass is 425 g/mol. The van der Waals surface area contributed by atoms with Crippen molar-refractivity contribution in [1.82, 2.24) is 15.1 Å². The number of carbonyl (C=O) groups is 2. The first-order valence-corrected chi connectivity index (χ1v) is 12.2. The molecule has 3 aliphatic rings. The van der Waals surface area contributed by atoms with E-state index in [0.717, 1.165) is 50.5 Å². The first-order chi connectivity index (χ1) is 14.9. The number of hydrogen-bond donors (Lipinski definition) is 1. The molecule has 3 fully saturated rings. The number of hydrogen-bond acceptors (Lipinski definition) is 3. The van der Waals surface area contributed by atoms with Gasteiger partial charge in [0.1, 0.15) is 0 Å². The van der Waals surface area contributed by atoms with Crippen molar-refractivity contribution in [3.8, 4) is 0 Å². The van der Waals surface area contributed by atoms with Gasteiger partial charge in [-0.3, -0.25) is 14.5 Å². The second kappa shape index (κ2) is 9.72. The molecule has 2 aliphatic carbocycles. The van der Waals surface area contributed by atoms with Crippen molar-refractivity contribution in [3.63, 3.8) is 0 Å². The highest BCUT2D eigenvalue weighted by Gasteiger charge is 2.41. The minimum Gasteiger partial charge on any atom is -0.347 e. The van der Waals surface area contributed by atoms with Gasteiger partial charge in [0.2, 0.25) is 11.8 Å². The van der Waals surface area contributed by atoms with E-state index >= 15 is 0 Å². The quantitative estimate of drug-likeness (QED) is 0.756. The minimum absolute atomic E-state index is 0.0478. The fourth-order valence-corrected chi connectivity index (χ4v) is 6.59. The Bertz CT molecular complexity index is 739. The lowest BCUT2D eigenvalue weighted by molar-refractivity contribution is -0.135. The summed E-state index contributed by atoms with van der Waals surface area (Å²) >= 11 is 0. The maximum Gasteiger partial charge on any atom is 0.242 e. The smallest absolute Gasteiger partial charge is 0.242 e. The van der Waals surface area contributed by atoms with E-state index in [1.807, 2.05) is 11.0 Å². The van der Waals surface area contributed by atoms with Gasteiger partial charge in [0.15, 0.2) is 0 Å². The Kier molecular flexibility index (Phi) is 7.00. The Hall–Kier alpha value is -1.88. The van der Waals surface area contributed by atoms with Crippen LogP contribution in [0.1, 0.15) is 57.9 Å². The van der Waals surface area contributed by atoms with Crippen molar-refractivity contribution in [1.29, 1.82) is 0 Å². The normalized spacial score (nSPS) is 31.3. The van der Waals surface area contributed by atoms with Crippen LogP contribution >= 0.6 is 0 Å². The zero-order valence-electron chi connectivity index (χ0n) is 19.3. The summed E-state index contributed by atoms with van der Waals surface area (Å²) in [7, 11) is 0. The Labute approximate surface area is 187 Å². The van der Waals surface area contributed by atoms with Crippen molar-refractivity contribution < 1.29 is 9.59 Å². The third-order valence-corrected chi connectivity index (χ3v) is 7.70. The average Bonchev–Trinajstić information content (AvgIpc) is 2.72. The third kappa shape index (κ3) is 6.09. The first kappa shape index (κ1) is 22.3. The molecule has 0 radical (unpaired) electrons. The first-order valence-electron chi connectivity index (χ1n) is 12.2. The molecule has 4 rings (SSSR count). The highest BCUT2D eigenvalue weighted by molar-refractivity contribution is 5.85. The van der Waals surface area contributed by atoms with Gasteiger partial charge in [0.05, 0.1) is 6.54 Å². The molecule has 5 heteroatoms. The van der Waals surface area contributed by atoms with Gasteiger partial charge in [-0.05, 0) is 60.8 Å². The van der Waals surface area contributed by atoms with E-state index in [4.69, 9.17) is 0 Å². The Morgan fingerprint density at radius 1 is 1.00 bits per heavy atom. The van der Waals surface area contributed by atoms with E-state index in [9.17, 15) is 9.59 Å². The molecule has 0 spiro atoms. The van der Waals surface area contributed by atoms with Gasteiger partial charge in [0, 0.05) is 39.1 Å². The van der Waals surface area contributed by atoms with Crippen molar-refractivity contribution in [2.24, 2.45) is 23.2 Å². The Morgan fingerprint density at radius 3 is 2.29 bits per heavy atom. The number of carbonyl (C=O) groups excluding carboxylic acids is 2.